The van der Waals surface area contributed by atoms with Crippen molar-refractivity contribution in [3.63, 3.8) is 0 Å². The summed E-state index contributed by atoms with van der Waals surface area (Å²) in [6.07, 6.45) is 0.926. The molecule has 1 heterocycles. The maximum atomic E-state index is 11.8. The minimum absolute atomic E-state index is 0.251. The average molecular weight is 318 g/mol. The Morgan fingerprint density at radius 1 is 1.36 bits per heavy atom. The number of nitrogens with zero attached hydrogens (tertiary/aromatic N) is 3. The van der Waals surface area contributed by atoms with E-state index in [0.29, 0.717) is 23.4 Å². The SMILES string of the molecule is Cc1nn(-c2ccc(C(=O)OCCCC#N)cc2)c(C)c1Cl. The van der Waals surface area contributed by atoms with E-state index in [-0.39, 0.29) is 6.61 Å². The number of carbonyl (C=O) groups excluding carboxylic acids is 1. The van der Waals surface area contributed by atoms with Crippen molar-refractivity contribution < 1.29 is 9.53 Å². The first kappa shape index (κ1) is 16.1. The van der Waals surface area contributed by atoms with E-state index in [4.69, 9.17) is 21.6 Å². The fourth-order valence-electron chi connectivity index (χ4n) is 2.01. The Labute approximate surface area is 134 Å². The first-order valence-electron chi connectivity index (χ1n) is 6.91. The van der Waals surface area contributed by atoms with Crippen LogP contribution in [0.25, 0.3) is 5.69 Å². The van der Waals surface area contributed by atoms with E-state index < -0.39 is 5.97 Å². The highest BCUT2D eigenvalue weighted by atomic mass is 35.5. The monoisotopic (exact) mass is 317 g/mol. The molecule has 1 aromatic carbocycles. The molecule has 0 aliphatic carbocycles. The summed E-state index contributed by atoms with van der Waals surface area (Å²) in [6.45, 7) is 3.99. The van der Waals surface area contributed by atoms with Gasteiger partial charge < -0.3 is 4.74 Å². The van der Waals surface area contributed by atoms with Gasteiger partial charge in [0, 0.05) is 6.42 Å². The van der Waals surface area contributed by atoms with E-state index in [0.717, 1.165) is 17.1 Å². The largest absolute Gasteiger partial charge is 0.462 e. The lowest BCUT2D eigenvalue weighted by Gasteiger charge is -2.06. The molecule has 0 bridgehead atoms. The number of benzene rings is 1. The van der Waals surface area contributed by atoms with Crippen molar-refractivity contribution in [3.8, 4) is 11.8 Å². The summed E-state index contributed by atoms with van der Waals surface area (Å²) in [5, 5.41) is 13.4. The third kappa shape index (κ3) is 3.46. The molecule has 6 heteroatoms. The van der Waals surface area contributed by atoms with E-state index >= 15 is 0 Å². The number of aromatic nitrogens is 2. The van der Waals surface area contributed by atoms with E-state index in [2.05, 4.69) is 5.10 Å². The third-order valence-electron chi connectivity index (χ3n) is 3.22. The number of ether oxygens (including phenoxy) is 1. The number of hydrogen-bond acceptors (Lipinski definition) is 4. The minimum atomic E-state index is -0.393. The Balaban J connectivity index is 2.08. The fraction of sp³-hybridized carbons (Fsp3) is 0.312. The van der Waals surface area contributed by atoms with Crippen LogP contribution in [0.15, 0.2) is 24.3 Å². The molecule has 22 heavy (non-hydrogen) atoms. The summed E-state index contributed by atoms with van der Waals surface area (Å²) >= 11 is 6.13. The zero-order valence-corrected chi connectivity index (χ0v) is 13.2. The Kier molecular flexibility index (Phi) is 5.18. The molecule has 5 nitrogen and oxygen atoms in total. The van der Waals surface area contributed by atoms with Crippen LogP contribution in [-0.4, -0.2) is 22.4 Å². The van der Waals surface area contributed by atoms with Crippen LogP contribution in [-0.2, 0) is 4.74 Å². The van der Waals surface area contributed by atoms with Gasteiger partial charge in [0.25, 0.3) is 0 Å². The van der Waals surface area contributed by atoms with Crippen LogP contribution in [0.3, 0.4) is 0 Å². The van der Waals surface area contributed by atoms with Crippen LogP contribution in [0.1, 0.15) is 34.6 Å². The molecule has 0 radical (unpaired) electrons. The molecular formula is C16H16ClN3O2. The highest BCUT2D eigenvalue weighted by Crippen LogP contribution is 2.22. The second-order valence-electron chi connectivity index (χ2n) is 4.84. The molecule has 2 rings (SSSR count). The van der Waals surface area contributed by atoms with Crippen LogP contribution < -0.4 is 0 Å². The zero-order valence-electron chi connectivity index (χ0n) is 12.5. The Morgan fingerprint density at radius 3 is 2.59 bits per heavy atom. The molecule has 0 unspecified atom stereocenters. The van der Waals surface area contributed by atoms with Crippen LogP contribution >= 0.6 is 11.6 Å². The van der Waals surface area contributed by atoms with E-state index in [1.807, 2.05) is 19.9 Å². The quantitative estimate of drug-likeness (QED) is 0.624. The van der Waals surface area contributed by atoms with E-state index in [9.17, 15) is 4.79 Å². The predicted octanol–water partition coefficient (Wildman–Crippen LogP) is 3.60. The van der Waals surface area contributed by atoms with Gasteiger partial charge in [0.1, 0.15) is 0 Å². The number of unbranched alkanes of at least 4 members (excludes halogenated alkanes) is 1. The Bertz CT molecular complexity index is 714. The number of esters is 1. The van der Waals surface area contributed by atoms with Gasteiger partial charge in [-0.3, -0.25) is 0 Å². The lowest BCUT2D eigenvalue weighted by Crippen LogP contribution is -2.07. The van der Waals surface area contributed by atoms with Crippen LogP contribution in [0.4, 0.5) is 0 Å². The average Bonchev–Trinajstić information content (AvgIpc) is 2.79. The Hall–Kier alpha value is -2.32. The second-order valence-corrected chi connectivity index (χ2v) is 5.22. The molecule has 0 N–H and O–H groups in total. The molecule has 0 aliphatic heterocycles. The van der Waals surface area contributed by atoms with Crippen molar-refractivity contribution in [1.82, 2.24) is 9.78 Å². The number of aryl methyl sites for hydroxylation is 1. The zero-order chi connectivity index (χ0) is 16.1. The highest BCUT2D eigenvalue weighted by molar-refractivity contribution is 6.31. The van der Waals surface area contributed by atoms with Gasteiger partial charge in [-0.05, 0) is 44.5 Å². The number of nitriles is 1. The van der Waals surface area contributed by atoms with Gasteiger partial charge in [-0.15, -0.1) is 0 Å². The van der Waals surface area contributed by atoms with Crippen molar-refractivity contribution in [3.05, 3.63) is 46.2 Å². The maximum Gasteiger partial charge on any atom is 0.338 e. The number of rotatable bonds is 5. The number of halogens is 1. The van der Waals surface area contributed by atoms with Gasteiger partial charge >= 0.3 is 5.97 Å². The Morgan fingerprint density at radius 2 is 2.05 bits per heavy atom. The van der Waals surface area contributed by atoms with Gasteiger partial charge in [-0.2, -0.15) is 10.4 Å². The molecule has 0 saturated carbocycles. The molecular weight excluding hydrogens is 302 g/mol. The van der Waals surface area contributed by atoms with E-state index in [1.165, 1.54) is 0 Å². The molecule has 0 aliphatic rings. The van der Waals surface area contributed by atoms with Crippen molar-refractivity contribution in [1.29, 1.82) is 5.26 Å². The van der Waals surface area contributed by atoms with Gasteiger partial charge in [0.15, 0.2) is 0 Å². The summed E-state index contributed by atoms with van der Waals surface area (Å²) < 4.78 is 6.82. The van der Waals surface area contributed by atoms with Crippen molar-refractivity contribution in [2.75, 3.05) is 6.61 Å². The maximum absolute atomic E-state index is 11.8. The fourth-order valence-corrected chi connectivity index (χ4v) is 2.13. The van der Waals surface area contributed by atoms with Crippen LogP contribution in [0.2, 0.25) is 5.02 Å². The standard InChI is InChI=1S/C16H16ClN3O2/c1-11-15(17)12(2)20(19-11)14-7-5-13(6-8-14)16(21)22-10-4-3-9-18/h5-8H,3-4,10H2,1-2H3. The lowest BCUT2D eigenvalue weighted by molar-refractivity contribution is 0.0501. The normalized spacial score (nSPS) is 10.3. The smallest absolute Gasteiger partial charge is 0.338 e. The molecule has 0 saturated heterocycles. The topological polar surface area (TPSA) is 67.9 Å². The molecule has 2 aromatic rings. The van der Waals surface area contributed by atoms with Gasteiger partial charge in [-0.25, -0.2) is 9.48 Å². The molecule has 1 aromatic heterocycles. The second kappa shape index (κ2) is 7.10. The van der Waals surface area contributed by atoms with Crippen LogP contribution in [0.5, 0.6) is 0 Å². The molecule has 0 atom stereocenters. The van der Waals surface area contributed by atoms with Gasteiger partial charge in [-0.1, -0.05) is 11.6 Å². The van der Waals surface area contributed by atoms with Gasteiger partial charge in [0.2, 0.25) is 0 Å². The summed E-state index contributed by atoms with van der Waals surface area (Å²) in [5.74, 6) is -0.393. The summed E-state index contributed by atoms with van der Waals surface area (Å²) in [6, 6.07) is 8.97. The molecule has 0 amide bonds. The summed E-state index contributed by atoms with van der Waals surface area (Å²) in [5.41, 5.74) is 2.91. The molecule has 0 spiro atoms. The number of hydrogen-bond donors (Lipinski definition) is 0. The van der Waals surface area contributed by atoms with Crippen molar-refractivity contribution in [2.24, 2.45) is 0 Å². The minimum Gasteiger partial charge on any atom is -0.462 e. The van der Waals surface area contributed by atoms with Crippen molar-refractivity contribution >= 4 is 17.6 Å². The van der Waals surface area contributed by atoms with Gasteiger partial charge in [0.05, 0.1) is 40.3 Å². The first-order chi connectivity index (χ1) is 10.5. The highest BCUT2D eigenvalue weighted by Gasteiger charge is 2.12. The van der Waals surface area contributed by atoms with Crippen LogP contribution in [0, 0.1) is 25.2 Å². The summed E-state index contributed by atoms with van der Waals surface area (Å²) in [4.78, 5) is 11.8. The summed E-state index contributed by atoms with van der Waals surface area (Å²) in [7, 11) is 0. The molecule has 0 fully saturated rings. The van der Waals surface area contributed by atoms with E-state index in [1.54, 1.807) is 28.9 Å². The number of carbonyl (C=O) groups is 1. The van der Waals surface area contributed by atoms with Crippen molar-refractivity contribution in [2.45, 2.75) is 26.7 Å². The lowest BCUT2D eigenvalue weighted by atomic mass is 10.2. The third-order valence-corrected chi connectivity index (χ3v) is 3.76. The first-order valence-corrected chi connectivity index (χ1v) is 7.28. The predicted molar refractivity (Wildman–Crippen MR) is 83.2 cm³/mol. The molecule has 114 valence electrons.